The second-order valence-corrected chi connectivity index (χ2v) is 6.87. The molecule has 5 aromatic rings. The molecule has 0 N–H and O–H groups in total. The molecule has 0 saturated carbocycles. The highest BCUT2D eigenvalue weighted by molar-refractivity contribution is 7.19. The number of para-hydroxylation sites is 1. The molecule has 0 aliphatic rings. The number of benzene rings is 2. The van der Waals surface area contributed by atoms with Gasteiger partial charge in [0.2, 0.25) is 10.8 Å². The maximum Gasteiger partial charge on any atom is 0.311 e. The Balaban J connectivity index is 1.62. The second-order valence-electron chi connectivity index (χ2n) is 5.92. The molecule has 0 unspecified atom stereocenters. The Morgan fingerprint density at radius 3 is 2.82 bits per heavy atom. The molecule has 0 bridgehead atoms. The smallest absolute Gasteiger partial charge is 0.311 e. The highest BCUT2D eigenvalue weighted by atomic mass is 32.1. The predicted molar refractivity (Wildman–Crippen MR) is 103 cm³/mol. The number of hydrogen-bond acceptors (Lipinski definition) is 8. The third-order valence-corrected chi connectivity index (χ3v) is 5.21. The van der Waals surface area contributed by atoms with Crippen LogP contribution in [0.5, 0.6) is 5.75 Å². The first-order chi connectivity index (χ1) is 13.6. The van der Waals surface area contributed by atoms with Gasteiger partial charge >= 0.3 is 5.69 Å². The zero-order valence-electron chi connectivity index (χ0n) is 14.4. The highest BCUT2D eigenvalue weighted by Gasteiger charge is 2.20. The number of hydrogen-bond donors (Lipinski definition) is 0. The molecule has 0 amide bonds. The average Bonchev–Trinajstić information content (AvgIpc) is 3.40. The third-order valence-electron chi connectivity index (χ3n) is 4.26. The van der Waals surface area contributed by atoms with E-state index in [1.165, 1.54) is 24.5 Å². The number of ether oxygens (including phenoxy) is 1. The summed E-state index contributed by atoms with van der Waals surface area (Å²) in [6.45, 7) is 0. The molecular formula is C18H11N5O4S. The molecular weight excluding hydrogens is 382 g/mol. The molecule has 3 aromatic heterocycles. The van der Waals surface area contributed by atoms with Gasteiger partial charge in [-0.15, -0.1) is 10.2 Å². The Bertz CT molecular complexity index is 1320. The monoisotopic (exact) mass is 393 g/mol. The van der Waals surface area contributed by atoms with E-state index >= 15 is 0 Å². The lowest BCUT2D eigenvalue weighted by Crippen LogP contribution is -1.94. The summed E-state index contributed by atoms with van der Waals surface area (Å²) in [5.74, 6) is 1.21. The fraction of sp³-hybridized carbons (Fsp3) is 0.0556. The number of fused-ring (bicyclic) bond motifs is 2. The van der Waals surface area contributed by atoms with Crippen molar-refractivity contribution in [1.82, 2.24) is 19.8 Å². The van der Waals surface area contributed by atoms with Gasteiger partial charge in [-0.1, -0.05) is 29.5 Å². The zero-order chi connectivity index (χ0) is 19.3. The second kappa shape index (κ2) is 6.13. The molecule has 28 heavy (non-hydrogen) atoms. The van der Waals surface area contributed by atoms with E-state index in [1.807, 2.05) is 30.3 Å². The first-order valence-electron chi connectivity index (χ1n) is 8.18. The number of nitro groups is 1. The molecule has 0 radical (unpaired) electrons. The highest BCUT2D eigenvalue weighted by Crippen LogP contribution is 2.35. The van der Waals surface area contributed by atoms with Crippen LogP contribution in [0.2, 0.25) is 0 Å². The molecule has 2 aromatic carbocycles. The molecule has 0 spiro atoms. The Hall–Kier alpha value is -3.79. The van der Waals surface area contributed by atoms with Gasteiger partial charge in [0.25, 0.3) is 0 Å². The fourth-order valence-corrected chi connectivity index (χ4v) is 3.78. The number of aromatic nitrogens is 4. The molecule has 0 fully saturated rings. The van der Waals surface area contributed by atoms with Gasteiger partial charge in [0, 0.05) is 17.0 Å². The number of nitro benzene ring substituents is 1. The predicted octanol–water partition coefficient (Wildman–Crippen LogP) is 4.18. The lowest BCUT2D eigenvalue weighted by Gasteiger charge is -2.02. The standard InChI is InChI=1S/C18H11N5O4S/c1-26-14-7-6-11(8-12(14)23(24)25)17-21-22-16(19-20-18(22)28-17)15-9-10-4-2-3-5-13(10)27-15/h2-9H,1H3. The van der Waals surface area contributed by atoms with Crippen LogP contribution < -0.4 is 4.74 Å². The van der Waals surface area contributed by atoms with E-state index in [0.717, 1.165) is 11.0 Å². The summed E-state index contributed by atoms with van der Waals surface area (Å²) in [5, 5.41) is 25.7. The maximum atomic E-state index is 11.3. The van der Waals surface area contributed by atoms with Gasteiger partial charge in [-0.05, 0) is 24.3 Å². The normalized spacial score (nSPS) is 11.3. The van der Waals surface area contributed by atoms with Crippen LogP contribution in [-0.4, -0.2) is 31.8 Å². The first-order valence-corrected chi connectivity index (χ1v) is 8.99. The van der Waals surface area contributed by atoms with E-state index in [4.69, 9.17) is 9.15 Å². The van der Waals surface area contributed by atoms with E-state index in [-0.39, 0.29) is 11.4 Å². The van der Waals surface area contributed by atoms with E-state index < -0.39 is 4.92 Å². The number of nitrogens with zero attached hydrogens (tertiary/aromatic N) is 5. The number of furan rings is 1. The lowest BCUT2D eigenvalue weighted by molar-refractivity contribution is -0.385. The Labute approximate surface area is 161 Å². The van der Waals surface area contributed by atoms with Crippen molar-refractivity contribution < 1.29 is 14.1 Å². The molecule has 3 heterocycles. The summed E-state index contributed by atoms with van der Waals surface area (Å²) in [5.41, 5.74) is 1.22. The first kappa shape index (κ1) is 16.4. The van der Waals surface area contributed by atoms with Gasteiger partial charge < -0.3 is 9.15 Å². The largest absolute Gasteiger partial charge is 0.490 e. The van der Waals surface area contributed by atoms with E-state index in [9.17, 15) is 10.1 Å². The van der Waals surface area contributed by atoms with Crippen molar-refractivity contribution in [3.8, 4) is 27.9 Å². The quantitative estimate of drug-likeness (QED) is 0.333. The Kier molecular flexibility index (Phi) is 3.59. The van der Waals surface area contributed by atoms with Crippen molar-refractivity contribution >= 4 is 33.0 Å². The van der Waals surface area contributed by atoms with Crippen LogP contribution in [-0.2, 0) is 0 Å². The van der Waals surface area contributed by atoms with Crippen LogP contribution in [0.4, 0.5) is 5.69 Å². The van der Waals surface area contributed by atoms with E-state index in [0.29, 0.717) is 27.1 Å². The van der Waals surface area contributed by atoms with Gasteiger partial charge in [0.15, 0.2) is 11.5 Å². The number of methoxy groups -OCH3 is 1. The minimum Gasteiger partial charge on any atom is -0.490 e. The van der Waals surface area contributed by atoms with Crippen molar-refractivity contribution in [2.24, 2.45) is 0 Å². The molecule has 9 nitrogen and oxygen atoms in total. The van der Waals surface area contributed by atoms with Crippen molar-refractivity contribution in [3.05, 3.63) is 58.6 Å². The summed E-state index contributed by atoms with van der Waals surface area (Å²) in [6, 6.07) is 14.2. The van der Waals surface area contributed by atoms with Crippen LogP contribution in [0, 0.1) is 10.1 Å². The van der Waals surface area contributed by atoms with Gasteiger partial charge in [-0.2, -0.15) is 9.61 Å². The van der Waals surface area contributed by atoms with Crippen molar-refractivity contribution in [2.75, 3.05) is 7.11 Å². The van der Waals surface area contributed by atoms with Gasteiger partial charge in [0.05, 0.1) is 12.0 Å². The van der Waals surface area contributed by atoms with Gasteiger partial charge in [0.1, 0.15) is 10.6 Å². The van der Waals surface area contributed by atoms with Crippen LogP contribution in [0.3, 0.4) is 0 Å². The minimum absolute atomic E-state index is 0.122. The van der Waals surface area contributed by atoms with Crippen LogP contribution in [0.25, 0.3) is 38.1 Å². The molecule has 0 aliphatic carbocycles. The number of rotatable bonds is 4. The fourth-order valence-electron chi connectivity index (χ4n) is 2.95. The Morgan fingerprint density at radius 2 is 2.04 bits per heavy atom. The molecule has 0 atom stereocenters. The minimum atomic E-state index is -0.484. The SMILES string of the molecule is COc1ccc(-c2nn3c(-c4cc5ccccc5o4)nnc3s2)cc1[N+](=O)[O-]. The summed E-state index contributed by atoms with van der Waals surface area (Å²) in [6.07, 6.45) is 0. The molecule has 138 valence electrons. The van der Waals surface area contributed by atoms with Crippen molar-refractivity contribution in [1.29, 1.82) is 0 Å². The molecule has 10 heteroatoms. The van der Waals surface area contributed by atoms with E-state index in [2.05, 4.69) is 15.3 Å². The summed E-state index contributed by atoms with van der Waals surface area (Å²) < 4.78 is 12.5. The molecule has 5 rings (SSSR count). The topological polar surface area (TPSA) is 109 Å². The van der Waals surface area contributed by atoms with Crippen LogP contribution in [0.1, 0.15) is 0 Å². The van der Waals surface area contributed by atoms with Gasteiger partial charge in [-0.3, -0.25) is 10.1 Å². The summed E-state index contributed by atoms with van der Waals surface area (Å²) >= 11 is 1.28. The van der Waals surface area contributed by atoms with Crippen molar-refractivity contribution in [3.63, 3.8) is 0 Å². The third kappa shape index (κ3) is 2.50. The Morgan fingerprint density at radius 1 is 1.18 bits per heavy atom. The van der Waals surface area contributed by atoms with Crippen molar-refractivity contribution in [2.45, 2.75) is 0 Å². The summed E-state index contributed by atoms with van der Waals surface area (Å²) in [4.78, 5) is 11.4. The molecule has 0 aliphatic heterocycles. The van der Waals surface area contributed by atoms with Crippen LogP contribution >= 0.6 is 11.3 Å². The zero-order valence-corrected chi connectivity index (χ0v) is 15.2. The molecule has 0 saturated heterocycles. The average molecular weight is 393 g/mol. The van der Waals surface area contributed by atoms with Crippen LogP contribution in [0.15, 0.2) is 52.9 Å². The summed E-state index contributed by atoms with van der Waals surface area (Å²) in [7, 11) is 1.39. The lowest BCUT2D eigenvalue weighted by atomic mass is 10.2. The van der Waals surface area contributed by atoms with Gasteiger partial charge in [-0.25, -0.2) is 0 Å². The van der Waals surface area contributed by atoms with E-state index in [1.54, 1.807) is 16.6 Å². The maximum absolute atomic E-state index is 11.3.